The summed E-state index contributed by atoms with van der Waals surface area (Å²) in [6.07, 6.45) is 1.90. The summed E-state index contributed by atoms with van der Waals surface area (Å²) in [5, 5.41) is 0. The highest BCUT2D eigenvalue weighted by Gasteiger charge is 2.58. The predicted octanol–water partition coefficient (Wildman–Crippen LogP) is -4.09. The van der Waals surface area contributed by atoms with Gasteiger partial charge in [0.05, 0.1) is 0 Å². The van der Waals surface area contributed by atoms with Crippen LogP contribution in [0.3, 0.4) is 0 Å². The highest BCUT2D eigenvalue weighted by atomic mass is 35.5. The van der Waals surface area contributed by atoms with Crippen molar-refractivity contribution in [2.45, 2.75) is 18.4 Å². The van der Waals surface area contributed by atoms with E-state index >= 15 is 0 Å². The van der Waals surface area contributed by atoms with Crippen molar-refractivity contribution in [3.63, 3.8) is 0 Å². The summed E-state index contributed by atoms with van der Waals surface area (Å²) in [5.74, 6) is 0.0810. The Labute approximate surface area is 60.0 Å². The number of methoxy groups -OCH3 is 1. The number of quaternary nitrogens is 1. The van der Waals surface area contributed by atoms with E-state index in [0.717, 1.165) is 12.8 Å². The van der Waals surface area contributed by atoms with Gasteiger partial charge in [-0.1, -0.05) is 0 Å². The normalized spacial score (nSPS) is 19.8. The van der Waals surface area contributed by atoms with Gasteiger partial charge >= 0.3 is 5.97 Å². The largest absolute Gasteiger partial charge is 1.00 e. The summed E-state index contributed by atoms with van der Waals surface area (Å²) in [7, 11) is 1.46. The average molecular weight is 153 g/mol. The summed E-state index contributed by atoms with van der Waals surface area (Å²) in [4.78, 5) is 8.89. The Morgan fingerprint density at radius 3 is 2.22 bits per heavy atom. The van der Waals surface area contributed by atoms with Gasteiger partial charge in [-0.25, -0.2) is 0 Å². The van der Waals surface area contributed by atoms with Gasteiger partial charge in [0.1, 0.15) is 0 Å². The Morgan fingerprint density at radius 2 is 2.11 bits per heavy atom. The number of hydrogen-bond donors (Lipinski definition) is 1. The molecule has 0 bridgehead atoms. The third-order valence-corrected chi connectivity index (χ3v) is 1.50. The number of esters is 1. The van der Waals surface area contributed by atoms with Gasteiger partial charge < -0.3 is 27.7 Å². The molecule has 0 atom stereocenters. The summed E-state index contributed by atoms with van der Waals surface area (Å²) in [6.45, 7) is 0. The second-order valence-electron chi connectivity index (χ2n) is 2.29. The summed E-state index contributed by atoms with van der Waals surface area (Å²) in [6, 6.07) is 0. The Kier molecular flexibility index (Phi) is 2.46. The van der Waals surface area contributed by atoms with Gasteiger partial charge in [-0.15, -0.1) is 0 Å². The van der Waals surface area contributed by atoms with Crippen LogP contribution in [-0.4, -0.2) is 23.4 Å². The van der Waals surface area contributed by atoms with Crippen molar-refractivity contribution < 1.29 is 27.7 Å². The zero-order valence-electron chi connectivity index (χ0n) is 5.35. The fourth-order valence-corrected chi connectivity index (χ4v) is 0.581. The lowest BCUT2D eigenvalue weighted by Crippen LogP contribution is -3.00. The van der Waals surface area contributed by atoms with Crippen LogP contribution in [0.15, 0.2) is 0 Å². The lowest BCUT2D eigenvalue weighted by Gasteiger charge is -1.90. The smallest absolute Gasteiger partial charge is 0.546 e. The molecule has 54 valence electrons. The molecule has 0 aliphatic heterocycles. The fraction of sp³-hybridized carbons (Fsp3) is 0.800. The molecule has 0 spiro atoms. The lowest BCUT2D eigenvalue weighted by atomic mass is 10.3. The Bertz CT molecular complexity index is 122. The van der Waals surface area contributed by atoms with Crippen molar-refractivity contribution in [3.8, 4) is 0 Å². The highest BCUT2D eigenvalue weighted by molar-refractivity contribution is 5.82. The molecule has 0 saturated heterocycles. The van der Waals surface area contributed by atoms with E-state index in [0.29, 0.717) is 0 Å². The van der Waals surface area contributed by atoms with Crippen LogP contribution in [0.25, 0.3) is 0 Å². The van der Waals surface area contributed by atoms with E-state index in [9.17, 15) is 0 Å². The average Bonchev–Trinajstić information content (AvgIpc) is 2.47. The first-order valence-electron chi connectivity index (χ1n) is 2.65. The molecule has 0 amide bonds. The highest BCUT2D eigenvalue weighted by Crippen LogP contribution is 2.30. The molecule has 0 aromatic rings. The number of halogens is 1. The van der Waals surface area contributed by atoms with Gasteiger partial charge in [0.15, 0.2) is 7.11 Å². The summed E-state index contributed by atoms with van der Waals surface area (Å²) < 4.78 is 4.59. The quantitative estimate of drug-likeness (QED) is 0.302. The molecule has 1 rings (SSSR count). The van der Waals surface area contributed by atoms with E-state index in [-0.39, 0.29) is 23.9 Å². The van der Waals surface area contributed by atoms with E-state index in [1.165, 1.54) is 7.11 Å². The van der Waals surface area contributed by atoms with Crippen molar-refractivity contribution in [2.75, 3.05) is 7.11 Å². The summed E-state index contributed by atoms with van der Waals surface area (Å²) >= 11 is 0. The molecule has 0 unspecified atom stereocenters. The fourth-order valence-electron chi connectivity index (χ4n) is 0.581. The van der Waals surface area contributed by atoms with Crippen LogP contribution in [0.5, 0.6) is 0 Å². The maximum absolute atomic E-state index is 8.89. The molecular formula is C5H11ClNO2+. The maximum atomic E-state index is 8.89. The van der Waals surface area contributed by atoms with Crippen molar-refractivity contribution in [1.29, 1.82) is 0 Å². The Hall–Kier alpha value is -0.280. The van der Waals surface area contributed by atoms with E-state index in [1.54, 1.807) is 0 Å². The van der Waals surface area contributed by atoms with Gasteiger partial charge in [0.2, 0.25) is 5.54 Å². The van der Waals surface area contributed by atoms with Crippen LogP contribution in [-0.2, 0) is 4.74 Å². The van der Waals surface area contributed by atoms with Crippen molar-refractivity contribution in [3.05, 3.63) is 0 Å². The van der Waals surface area contributed by atoms with Gasteiger partial charge in [-0.05, 0) is 0 Å². The van der Waals surface area contributed by atoms with Crippen LogP contribution >= 0.6 is 0 Å². The van der Waals surface area contributed by atoms with Crippen molar-refractivity contribution in [1.82, 2.24) is 0 Å². The number of carbonyl (C=O) groups excluding carboxylic acids is 1. The van der Waals surface area contributed by atoms with Crippen LogP contribution < -0.4 is 18.1 Å². The zero-order valence-corrected chi connectivity index (χ0v) is 6.11. The first-order chi connectivity index (χ1) is 3.69. The SMILES string of the molecule is COC(=[OH+])C1([NH3+])CC1.[Cl-]. The minimum Gasteiger partial charge on any atom is -1.00 e. The Balaban J connectivity index is 0.000000640. The number of ether oxygens (including phenoxy) is 1. The van der Waals surface area contributed by atoms with Crippen LogP contribution in [0.1, 0.15) is 12.8 Å². The number of hydrogen-bond acceptors (Lipinski definition) is 1. The molecular weight excluding hydrogens is 142 g/mol. The van der Waals surface area contributed by atoms with Crippen LogP contribution in [0.2, 0.25) is 0 Å². The molecule has 9 heavy (non-hydrogen) atoms. The van der Waals surface area contributed by atoms with Gasteiger partial charge in [-0.2, -0.15) is 0 Å². The summed E-state index contributed by atoms with van der Waals surface area (Å²) in [5.41, 5.74) is 3.50. The molecule has 1 aliphatic rings. The molecule has 1 aliphatic carbocycles. The van der Waals surface area contributed by atoms with E-state index < -0.39 is 0 Å². The molecule has 4 N–H and O–H groups in total. The molecule has 0 heterocycles. The predicted molar refractivity (Wildman–Crippen MR) is 28.8 cm³/mol. The van der Waals surface area contributed by atoms with E-state index in [2.05, 4.69) is 10.5 Å². The molecule has 3 nitrogen and oxygen atoms in total. The minimum atomic E-state index is -0.241. The van der Waals surface area contributed by atoms with Gasteiger partial charge in [0.25, 0.3) is 0 Å². The van der Waals surface area contributed by atoms with Gasteiger partial charge in [-0.3, -0.25) is 0 Å². The second kappa shape index (κ2) is 2.54. The molecule has 0 aromatic carbocycles. The standard InChI is InChI=1S/C5H9NO2.ClH/c1-8-4(7)5(6)2-3-5;/h2-3,6H2,1H3;1H/p+1. The topological polar surface area (TPSA) is 58.3 Å². The third kappa shape index (κ3) is 1.56. The molecule has 0 aromatic heterocycles. The van der Waals surface area contributed by atoms with Crippen LogP contribution in [0, 0.1) is 0 Å². The lowest BCUT2D eigenvalue weighted by molar-refractivity contribution is -0.417. The Morgan fingerprint density at radius 1 is 1.67 bits per heavy atom. The molecule has 1 fully saturated rings. The van der Waals surface area contributed by atoms with E-state index in [4.69, 9.17) is 4.79 Å². The minimum absolute atomic E-state index is 0. The molecule has 4 heteroatoms. The third-order valence-electron chi connectivity index (χ3n) is 1.50. The van der Waals surface area contributed by atoms with E-state index in [1.807, 2.05) is 0 Å². The van der Waals surface area contributed by atoms with Crippen LogP contribution in [0.4, 0.5) is 0 Å². The zero-order chi connectivity index (χ0) is 6.20. The second-order valence-corrected chi connectivity index (χ2v) is 2.29. The first kappa shape index (κ1) is 8.72. The molecule has 1 saturated carbocycles. The molecule has 0 radical (unpaired) electrons. The van der Waals surface area contributed by atoms with Crippen molar-refractivity contribution in [2.24, 2.45) is 0 Å². The first-order valence-corrected chi connectivity index (χ1v) is 2.65. The maximum Gasteiger partial charge on any atom is 0.546 e. The monoisotopic (exact) mass is 152 g/mol. The number of rotatable bonds is 1. The van der Waals surface area contributed by atoms with Gasteiger partial charge in [0, 0.05) is 12.8 Å². The van der Waals surface area contributed by atoms with Crippen molar-refractivity contribution >= 4 is 5.97 Å².